The van der Waals surface area contributed by atoms with E-state index in [1.807, 2.05) is 0 Å². The highest BCUT2D eigenvalue weighted by Gasteiger charge is 2.42. The Morgan fingerprint density at radius 2 is 2.00 bits per heavy atom. The first kappa shape index (κ1) is 8.80. The minimum absolute atomic E-state index is 0.379. The van der Waals surface area contributed by atoms with Crippen LogP contribution in [0.15, 0.2) is 5.11 Å². The summed E-state index contributed by atoms with van der Waals surface area (Å²) >= 11 is 0. The summed E-state index contributed by atoms with van der Waals surface area (Å²) in [4.78, 5) is 12.7. The lowest BCUT2D eigenvalue weighted by Gasteiger charge is -2.23. The average molecular weight is 170 g/mol. The minimum Gasteiger partial charge on any atom is -0.264 e. The second-order valence-electron chi connectivity index (χ2n) is 2.99. The van der Waals surface area contributed by atoms with Crippen molar-refractivity contribution in [3.8, 4) is 0 Å². The van der Waals surface area contributed by atoms with Gasteiger partial charge in [0.05, 0.1) is 0 Å². The summed E-state index contributed by atoms with van der Waals surface area (Å²) in [5.74, 6) is 0. The fourth-order valence-electron chi connectivity index (χ4n) is 1.52. The van der Waals surface area contributed by atoms with E-state index in [9.17, 15) is 10.1 Å². The molecule has 66 valence electrons. The lowest BCUT2D eigenvalue weighted by atomic mass is 9.90. The molecule has 0 aromatic rings. The number of nitrogens with zero attached hydrogens (tertiary/aromatic N) is 4. The Kier molecular flexibility index (Phi) is 2.50. The molecule has 0 aromatic carbocycles. The number of hydrogen-bond acceptors (Lipinski definition) is 3. The Morgan fingerprint density at radius 3 is 2.42 bits per heavy atom. The van der Waals surface area contributed by atoms with Crippen molar-refractivity contribution in [2.45, 2.75) is 37.8 Å². The predicted molar refractivity (Wildman–Crippen MR) is 42.0 cm³/mol. The maximum atomic E-state index is 10.6. The van der Waals surface area contributed by atoms with Crippen molar-refractivity contribution < 1.29 is 4.92 Å². The zero-order valence-corrected chi connectivity index (χ0v) is 6.64. The maximum Gasteiger partial charge on any atom is 0.301 e. The fraction of sp³-hybridized carbons (Fsp3) is 1.00. The Balaban J connectivity index is 2.83. The summed E-state index contributed by atoms with van der Waals surface area (Å²) < 4.78 is 0. The van der Waals surface area contributed by atoms with Crippen LogP contribution in [0.3, 0.4) is 0 Å². The molecule has 0 unspecified atom stereocenters. The van der Waals surface area contributed by atoms with Crippen molar-refractivity contribution >= 4 is 0 Å². The normalized spacial score (nSPS) is 21.0. The fourth-order valence-corrected chi connectivity index (χ4v) is 1.52. The van der Waals surface area contributed by atoms with Crippen LogP contribution in [0.25, 0.3) is 10.4 Å². The SMILES string of the molecule is [N-]=[N+]=NC1([N+](=O)[O-])CCCCC1. The van der Waals surface area contributed by atoms with E-state index in [-0.39, 0.29) is 0 Å². The van der Waals surface area contributed by atoms with Crippen LogP contribution in [-0.2, 0) is 0 Å². The summed E-state index contributed by atoms with van der Waals surface area (Å²) in [6, 6.07) is 0. The van der Waals surface area contributed by atoms with Gasteiger partial charge in [-0.3, -0.25) is 10.1 Å². The number of nitro groups is 1. The van der Waals surface area contributed by atoms with Gasteiger partial charge >= 0.3 is 5.66 Å². The smallest absolute Gasteiger partial charge is 0.264 e. The zero-order chi connectivity index (χ0) is 9.03. The standard InChI is InChI=1S/C6H10N4O2/c7-9-8-6(10(11)12)4-2-1-3-5-6/h1-5H2. The molecular formula is C6H10N4O2. The van der Waals surface area contributed by atoms with Gasteiger partial charge < -0.3 is 0 Å². The van der Waals surface area contributed by atoms with Gasteiger partial charge in [0.2, 0.25) is 0 Å². The van der Waals surface area contributed by atoms with E-state index in [2.05, 4.69) is 10.0 Å². The van der Waals surface area contributed by atoms with Crippen molar-refractivity contribution in [1.29, 1.82) is 0 Å². The van der Waals surface area contributed by atoms with Gasteiger partial charge in [-0.1, -0.05) is 6.42 Å². The molecule has 1 aliphatic carbocycles. The average Bonchev–Trinajstić information content (AvgIpc) is 2.06. The van der Waals surface area contributed by atoms with Crippen LogP contribution in [0.2, 0.25) is 0 Å². The highest BCUT2D eigenvalue weighted by atomic mass is 16.6. The van der Waals surface area contributed by atoms with E-state index >= 15 is 0 Å². The summed E-state index contributed by atoms with van der Waals surface area (Å²) in [6.45, 7) is 0. The van der Waals surface area contributed by atoms with Gasteiger partial charge in [0.25, 0.3) is 0 Å². The summed E-state index contributed by atoms with van der Waals surface area (Å²) in [5, 5.41) is 13.9. The van der Waals surface area contributed by atoms with Crippen molar-refractivity contribution in [1.82, 2.24) is 0 Å². The molecule has 0 aromatic heterocycles. The van der Waals surface area contributed by atoms with Crippen molar-refractivity contribution in [2.24, 2.45) is 5.11 Å². The molecule has 0 spiro atoms. The zero-order valence-electron chi connectivity index (χ0n) is 6.64. The molecule has 0 saturated heterocycles. The second kappa shape index (κ2) is 3.40. The van der Waals surface area contributed by atoms with Crippen LogP contribution in [0.1, 0.15) is 32.1 Å². The number of rotatable bonds is 2. The highest BCUT2D eigenvalue weighted by Crippen LogP contribution is 2.32. The third-order valence-electron chi connectivity index (χ3n) is 2.23. The lowest BCUT2D eigenvalue weighted by Crippen LogP contribution is -2.37. The molecule has 1 rings (SSSR count). The van der Waals surface area contributed by atoms with E-state index in [4.69, 9.17) is 5.53 Å². The topological polar surface area (TPSA) is 91.9 Å². The molecule has 6 nitrogen and oxygen atoms in total. The van der Waals surface area contributed by atoms with Crippen LogP contribution in [0.5, 0.6) is 0 Å². The first-order valence-corrected chi connectivity index (χ1v) is 3.92. The van der Waals surface area contributed by atoms with Crippen molar-refractivity contribution in [3.05, 3.63) is 20.6 Å². The van der Waals surface area contributed by atoms with Gasteiger partial charge in [-0.25, -0.2) is 0 Å². The molecule has 0 radical (unpaired) electrons. The molecule has 1 aliphatic rings. The third kappa shape index (κ3) is 1.48. The Labute approximate surface area is 69.3 Å². The number of azide groups is 1. The van der Waals surface area contributed by atoms with E-state index in [0.717, 1.165) is 19.3 Å². The Bertz CT molecular complexity index is 224. The molecule has 1 saturated carbocycles. The quantitative estimate of drug-likeness (QED) is 0.209. The van der Waals surface area contributed by atoms with Crippen molar-refractivity contribution in [3.63, 3.8) is 0 Å². The maximum absolute atomic E-state index is 10.6. The van der Waals surface area contributed by atoms with Gasteiger partial charge in [0.15, 0.2) is 0 Å². The van der Waals surface area contributed by atoms with Crippen LogP contribution >= 0.6 is 0 Å². The van der Waals surface area contributed by atoms with E-state index in [1.165, 1.54) is 0 Å². The molecule has 0 N–H and O–H groups in total. The summed E-state index contributed by atoms with van der Waals surface area (Å²) in [5.41, 5.74) is 6.85. The molecule has 12 heavy (non-hydrogen) atoms. The number of hydrogen-bond donors (Lipinski definition) is 0. The summed E-state index contributed by atoms with van der Waals surface area (Å²) in [7, 11) is 0. The van der Waals surface area contributed by atoms with Gasteiger partial charge in [0.1, 0.15) is 0 Å². The molecule has 6 heteroatoms. The molecular weight excluding hydrogens is 160 g/mol. The molecule has 0 bridgehead atoms. The predicted octanol–water partition coefficient (Wildman–Crippen LogP) is 2.23. The van der Waals surface area contributed by atoms with Gasteiger partial charge in [-0.15, -0.1) is 0 Å². The van der Waals surface area contributed by atoms with E-state index in [1.54, 1.807) is 0 Å². The van der Waals surface area contributed by atoms with Crippen LogP contribution in [0, 0.1) is 10.1 Å². The van der Waals surface area contributed by atoms with Crippen molar-refractivity contribution in [2.75, 3.05) is 0 Å². The monoisotopic (exact) mass is 170 g/mol. The molecule has 0 amide bonds. The van der Waals surface area contributed by atoms with Gasteiger partial charge in [-0.05, 0) is 23.5 Å². The van der Waals surface area contributed by atoms with E-state index < -0.39 is 10.6 Å². The molecule has 0 atom stereocenters. The van der Waals surface area contributed by atoms with Crippen LogP contribution < -0.4 is 0 Å². The van der Waals surface area contributed by atoms with Crippen LogP contribution in [-0.4, -0.2) is 10.6 Å². The minimum atomic E-state index is -1.34. The third-order valence-corrected chi connectivity index (χ3v) is 2.23. The van der Waals surface area contributed by atoms with E-state index in [0.29, 0.717) is 12.8 Å². The lowest BCUT2D eigenvalue weighted by molar-refractivity contribution is -0.573. The van der Waals surface area contributed by atoms with Crippen LogP contribution in [0.4, 0.5) is 0 Å². The Hall–Kier alpha value is -1.29. The first-order chi connectivity index (χ1) is 5.71. The Morgan fingerprint density at radius 1 is 1.42 bits per heavy atom. The molecule has 0 heterocycles. The largest absolute Gasteiger partial charge is 0.301 e. The summed E-state index contributed by atoms with van der Waals surface area (Å²) in [6.07, 6.45) is 3.31. The highest BCUT2D eigenvalue weighted by molar-refractivity contribution is 4.80. The van der Waals surface area contributed by atoms with Gasteiger partial charge in [0, 0.05) is 22.7 Å². The first-order valence-electron chi connectivity index (χ1n) is 3.92. The second-order valence-corrected chi connectivity index (χ2v) is 2.99. The molecule has 0 aliphatic heterocycles. The van der Waals surface area contributed by atoms with Gasteiger partial charge in [-0.2, -0.15) is 0 Å². The molecule has 1 fully saturated rings.